The normalized spacial score (nSPS) is 14.3. The molecule has 0 spiro atoms. The smallest absolute Gasteiger partial charge is 0.252 e. The largest absolute Gasteiger partial charge is 0.365 e. The third-order valence-electron chi connectivity index (χ3n) is 6.11. The molecule has 8 heteroatoms. The van der Waals surface area contributed by atoms with Gasteiger partial charge in [0, 0.05) is 41.2 Å². The molecule has 0 atom stereocenters. The van der Waals surface area contributed by atoms with Gasteiger partial charge in [0.05, 0.1) is 23.0 Å². The first-order valence-electron chi connectivity index (χ1n) is 10.7. The van der Waals surface area contributed by atoms with Gasteiger partial charge in [-0.2, -0.15) is 5.10 Å². The predicted octanol–water partition coefficient (Wildman–Crippen LogP) is 4.11. The SMILES string of the molecule is CC(=O)N1CC(C)(C)c2ccc(-c3ccc(C(N)=O)c(Nc4ccc5cn[nH]c5c4)n3)cc21. The predicted molar refractivity (Wildman–Crippen MR) is 129 cm³/mol. The van der Waals surface area contributed by atoms with Crippen LogP contribution in [0.4, 0.5) is 17.2 Å². The summed E-state index contributed by atoms with van der Waals surface area (Å²) in [4.78, 5) is 30.8. The first-order chi connectivity index (χ1) is 15.7. The maximum atomic E-state index is 12.2. The van der Waals surface area contributed by atoms with Gasteiger partial charge in [0.2, 0.25) is 5.91 Å². The van der Waals surface area contributed by atoms with Crippen LogP contribution in [0, 0.1) is 0 Å². The molecule has 0 saturated heterocycles. The topological polar surface area (TPSA) is 117 Å². The number of carbonyl (C=O) groups excluding carboxylic acids is 2. The molecule has 0 aliphatic carbocycles. The van der Waals surface area contributed by atoms with Crippen molar-refractivity contribution in [3.8, 4) is 11.3 Å². The fraction of sp³-hybridized carbons (Fsp3) is 0.200. The zero-order chi connectivity index (χ0) is 23.3. The Morgan fingerprint density at radius 3 is 2.70 bits per heavy atom. The number of aromatic nitrogens is 3. The van der Waals surface area contributed by atoms with Gasteiger partial charge in [-0.05, 0) is 42.0 Å². The highest BCUT2D eigenvalue weighted by molar-refractivity contribution is 5.99. The molecular weight excluding hydrogens is 416 g/mol. The van der Waals surface area contributed by atoms with Gasteiger partial charge in [-0.15, -0.1) is 0 Å². The average Bonchev–Trinajstić information content (AvgIpc) is 3.35. The third kappa shape index (κ3) is 3.59. The molecule has 166 valence electrons. The van der Waals surface area contributed by atoms with Crippen molar-refractivity contribution in [1.29, 1.82) is 0 Å². The van der Waals surface area contributed by atoms with Crippen molar-refractivity contribution in [3.63, 3.8) is 0 Å². The Kier molecular flexibility index (Phi) is 4.67. The fourth-order valence-electron chi connectivity index (χ4n) is 4.40. The molecule has 0 unspecified atom stereocenters. The monoisotopic (exact) mass is 440 g/mol. The van der Waals surface area contributed by atoms with E-state index in [0.29, 0.717) is 18.1 Å². The number of rotatable bonds is 4. The summed E-state index contributed by atoms with van der Waals surface area (Å²) in [5, 5.41) is 11.2. The van der Waals surface area contributed by atoms with E-state index in [4.69, 9.17) is 10.7 Å². The van der Waals surface area contributed by atoms with Crippen molar-refractivity contribution in [3.05, 3.63) is 65.9 Å². The molecule has 5 rings (SSSR count). The Morgan fingerprint density at radius 1 is 1.12 bits per heavy atom. The van der Waals surface area contributed by atoms with Gasteiger partial charge in [-0.3, -0.25) is 14.7 Å². The van der Waals surface area contributed by atoms with Crippen LogP contribution in [0.5, 0.6) is 0 Å². The summed E-state index contributed by atoms with van der Waals surface area (Å²) in [6.45, 7) is 6.48. The average molecular weight is 441 g/mol. The molecule has 3 heterocycles. The molecule has 4 aromatic rings. The molecule has 0 bridgehead atoms. The zero-order valence-corrected chi connectivity index (χ0v) is 18.6. The van der Waals surface area contributed by atoms with Gasteiger partial charge in [0.15, 0.2) is 0 Å². The number of anilines is 3. The quantitative estimate of drug-likeness (QED) is 0.441. The minimum absolute atomic E-state index is 0.00700. The molecule has 1 aliphatic heterocycles. The van der Waals surface area contributed by atoms with E-state index < -0.39 is 5.91 Å². The van der Waals surface area contributed by atoms with E-state index in [1.807, 2.05) is 30.3 Å². The maximum Gasteiger partial charge on any atom is 0.252 e. The number of primary amides is 1. The van der Waals surface area contributed by atoms with Crippen LogP contribution >= 0.6 is 0 Å². The van der Waals surface area contributed by atoms with Gasteiger partial charge in [-0.1, -0.05) is 26.0 Å². The number of carbonyl (C=O) groups is 2. The number of H-pyrrole nitrogens is 1. The van der Waals surface area contributed by atoms with Crippen LogP contribution < -0.4 is 16.0 Å². The number of nitrogens with one attached hydrogen (secondary N) is 2. The van der Waals surface area contributed by atoms with Crippen LogP contribution in [0.3, 0.4) is 0 Å². The van der Waals surface area contributed by atoms with Crippen LogP contribution in [-0.2, 0) is 10.2 Å². The molecular formula is C25H24N6O2. The standard InChI is InChI=1S/C25H24N6O2/c1-14(32)31-13-25(2,3)19-8-5-15(10-22(19)31)20-9-7-18(23(26)33)24(29-20)28-17-6-4-16-12-27-30-21(16)11-17/h4-12H,13H2,1-3H3,(H2,26,33)(H,27,30)(H,28,29). The van der Waals surface area contributed by atoms with Crippen molar-refractivity contribution in [2.75, 3.05) is 16.8 Å². The van der Waals surface area contributed by atoms with Crippen LogP contribution in [0.1, 0.15) is 36.7 Å². The summed E-state index contributed by atoms with van der Waals surface area (Å²) in [6.07, 6.45) is 1.74. The highest BCUT2D eigenvalue weighted by Gasteiger charge is 2.37. The molecule has 0 fully saturated rings. The molecule has 0 radical (unpaired) electrons. The van der Waals surface area contributed by atoms with Crippen molar-refractivity contribution >= 4 is 39.9 Å². The van der Waals surface area contributed by atoms with E-state index in [2.05, 4.69) is 35.4 Å². The van der Waals surface area contributed by atoms with Gasteiger partial charge in [-0.25, -0.2) is 4.98 Å². The number of nitrogens with zero attached hydrogens (tertiary/aromatic N) is 3. The fourth-order valence-corrected chi connectivity index (χ4v) is 4.40. The Morgan fingerprint density at radius 2 is 1.94 bits per heavy atom. The number of fused-ring (bicyclic) bond motifs is 2. The summed E-state index contributed by atoms with van der Waals surface area (Å²) < 4.78 is 0. The Hall–Kier alpha value is -4.20. The molecule has 2 aromatic heterocycles. The number of hydrogen-bond acceptors (Lipinski definition) is 5. The van der Waals surface area contributed by atoms with Crippen molar-refractivity contribution in [2.45, 2.75) is 26.2 Å². The minimum Gasteiger partial charge on any atom is -0.365 e. The second-order valence-electron chi connectivity index (χ2n) is 8.97. The highest BCUT2D eigenvalue weighted by Crippen LogP contribution is 2.42. The van der Waals surface area contributed by atoms with Gasteiger partial charge < -0.3 is 16.0 Å². The van der Waals surface area contributed by atoms with Crippen LogP contribution in [0.2, 0.25) is 0 Å². The summed E-state index contributed by atoms with van der Waals surface area (Å²) in [5.41, 5.74) is 10.9. The van der Waals surface area contributed by atoms with Gasteiger partial charge in [0.1, 0.15) is 5.82 Å². The number of benzene rings is 2. The number of aromatic amines is 1. The number of amides is 2. The van der Waals surface area contributed by atoms with Crippen LogP contribution in [0.25, 0.3) is 22.2 Å². The molecule has 1 aliphatic rings. The Balaban J connectivity index is 1.56. The lowest BCUT2D eigenvalue weighted by Crippen LogP contribution is -2.31. The summed E-state index contributed by atoms with van der Waals surface area (Å²) in [5.74, 6) is -0.201. The number of hydrogen-bond donors (Lipinski definition) is 3. The van der Waals surface area contributed by atoms with Crippen LogP contribution in [0.15, 0.2) is 54.7 Å². The first-order valence-corrected chi connectivity index (χ1v) is 10.7. The first kappa shape index (κ1) is 20.7. The summed E-state index contributed by atoms with van der Waals surface area (Å²) in [6, 6.07) is 15.2. The Bertz CT molecular complexity index is 1420. The highest BCUT2D eigenvalue weighted by atomic mass is 16.2. The van der Waals surface area contributed by atoms with Crippen LogP contribution in [-0.4, -0.2) is 33.5 Å². The van der Waals surface area contributed by atoms with E-state index in [-0.39, 0.29) is 16.9 Å². The molecule has 2 amide bonds. The van der Waals surface area contributed by atoms with E-state index in [1.54, 1.807) is 30.2 Å². The molecule has 4 N–H and O–H groups in total. The molecule has 0 saturated carbocycles. The lowest BCUT2D eigenvalue weighted by atomic mass is 9.86. The lowest BCUT2D eigenvalue weighted by molar-refractivity contribution is -0.116. The van der Waals surface area contributed by atoms with E-state index in [0.717, 1.165) is 33.4 Å². The Labute approximate surface area is 190 Å². The van der Waals surface area contributed by atoms with E-state index in [9.17, 15) is 9.59 Å². The van der Waals surface area contributed by atoms with Crippen molar-refractivity contribution < 1.29 is 9.59 Å². The second kappa shape index (κ2) is 7.44. The lowest BCUT2D eigenvalue weighted by Gasteiger charge is -2.19. The summed E-state index contributed by atoms with van der Waals surface area (Å²) in [7, 11) is 0. The van der Waals surface area contributed by atoms with E-state index in [1.165, 1.54) is 0 Å². The van der Waals surface area contributed by atoms with Gasteiger partial charge >= 0.3 is 0 Å². The van der Waals surface area contributed by atoms with Gasteiger partial charge in [0.25, 0.3) is 5.91 Å². The van der Waals surface area contributed by atoms with E-state index >= 15 is 0 Å². The maximum absolute atomic E-state index is 12.2. The second-order valence-corrected chi connectivity index (χ2v) is 8.97. The molecule has 8 nitrogen and oxygen atoms in total. The minimum atomic E-state index is -0.572. The third-order valence-corrected chi connectivity index (χ3v) is 6.11. The zero-order valence-electron chi connectivity index (χ0n) is 18.6. The molecule has 33 heavy (non-hydrogen) atoms. The van der Waals surface area contributed by atoms with Crippen molar-refractivity contribution in [1.82, 2.24) is 15.2 Å². The number of pyridine rings is 1. The van der Waals surface area contributed by atoms with Crippen molar-refractivity contribution in [2.24, 2.45) is 5.73 Å². The number of nitrogens with two attached hydrogens (primary N) is 1. The summed E-state index contributed by atoms with van der Waals surface area (Å²) >= 11 is 0. The molecule has 2 aromatic carbocycles.